The molecule has 6 heterocycles. The van der Waals surface area contributed by atoms with Crippen molar-refractivity contribution in [1.82, 2.24) is 19.9 Å². The fraction of sp³-hybridized carbons (Fsp3) is 0.213. The minimum Gasteiger partial charge on any atom is -0.500 e. The van der Waals surface area contributed by atoms with Gasteiger partial charge >= 0.3 is 0 Å². The van der Waals surface area contributed by atoms with E-state index < -0.39 is 82.9 Å². The molecule has 2 radical (unpaired) electrons. The van der Waals surface area contributed by atoms with Crippen molar-refractivity contribution in [2.24, 2.45) is 5.41 Å². The van der Waals surface area contributed by atoms with Crippen LogP contribution in [0.4, 0.5) is 8.78 Å². The fourth-order valence-corrected chi connectivity index (χ4v) is 17.9. The molecular formula is C122H106F2Ir2N4O2-4. The van der Waals surface area contributed by atoms with Gasteiger partial charge in [0.15, 0.2) is 0 Å². The van der Waals surface area contributed by atoms with E-state index in [0.717, 1.165) is 86.9 Å². The van der Waals surface area contributed by atoms with E-state index in [1.54, 1.807) is 85.1 Å². The first-order chi connectivity index (χ1) is 72.8. The monoisotopic (exact) mass is 2110 g/mol. The summed E-state index contributed by atoms with van der Waals surface area (Å²) in [5.74, 6) is -2.30. The normalized spacial score (nSPS) is 20.8. The van der Waals surface area contributed by atoms with Gasteiger partial charge in [0.05, 0.1) is 11.2 Å². The second-order valence-electron chi connectivity index (χ2n) is 35.2. The van der Waals surface area contributed by atoms with Crippen LogP contribution < -0.4 is 0 Å². The number of rotatable bonds is 11. The van der Waals surface area contributed by atoms with Gasteiger partial charge in [-0.15, -0.1) is 95.1 Å². The van der Waals surface area contributed by atoms with Gasteiger partial charge in [-0.05, 0) is 256 Å². The molecular weight excluding hydrogens is 1980 g/mol. The Morgan fingerprint density at radius 1 is 0.371 bits per heavy atom. The first-order valence-electron chi connectivity index (χ1n) is 56.1. The zero-order valence-corrected chi connectivity index (χ0v) is 77.8. The van der Waals surface area contributed by atoms with E-state index in [4.69, 9.17) is 43.1 Å². The summed E-state index contributed by atoms with van der Waals surface area (Å²) in [6.07, 6.45) is 5.72. The maximum absolute atomic E-state index is 14.7. The van der Waals surface area contributed by atoms with Crippen LogP contribution in [0.1, 0.15) is 188 Å². The fourth-order valence-electron chi connectivity index (χ4n) is 17.9. The molecule has 2 fully saturated rings. The number of furan rings is 2. The largest absolute Gasteiger partial charge is 0.500 e. The summed E-state index contributed by atoms with van der Waals surface area (Å²) in [5, 5.41) is 11.8. The average Bonchev–Trinajstić information content (AvgIpc) is 1.55. The molecule has 0 aliphatic heterocycles. The van der Waals surface area contributed by atoms with E-state index in [-0.39, 0.29) is 153 Å². The average molecular weight is 2110 g/mol. The van der Waals surface area contributed by atoms with Crippen molar-refractivity contribution in [2.45, 2.75) is 163 Å². The number of hydrogen-bond donors (Lipinski definition) is 0. The zero-order valence-electron chi connectivity index (χ0n) is 98.1. The standard InChI is InChI=1S/2C40H33FNO.C23H24N.C19H16N.2Ir/c2*1-24-21-29(26-17-19-40(3,41)20-18-26)14-15-30(24)35-22-36(42-23-25(35)2)34-10-6-9-32-33-16-13-28-12-11-27-7-4-5-8-31(27)37(28)39(33)43-38(32)34;1-17-10-12-20(14-21(17)19-8-6-5-7-9-19)22-13-11-18(16-24-22)15-23(2,3)4;1-14-8-11-19(20-13-14)17-10-9-15(2)18(12-17)16-6-4-3-5-7-16;;/h2*4-9,11-16,21-23,26H,17-20H2,1-3H3;5-11,13-14,16H,15H2,1-4H3;3-9,11-13H,1-2H3;;/q4*-1;;/i2*1D3,2D3,26D;1D3,15D2;1D3,2D3;;. The molecule has 14 aromatic carbocycles. The molecule has 0 spiro atoms. The van der Waals surface area contributed by atoms with Crippen LogP contribution in [-0.2, 0) is 46.6 Å². The summed E-state index contributed by atoms with van der Waals surface area (Å²) in [4.78, 5) is 17.8. The Hall–Kier alpha value is -12.5. The summed E-state index contributed by atoms with van der Waals surface area (Å²) in [6, 6.07) is 97.2. The molecule has 6 aromatic heterocycles. The first kappa shape index (κ1) is 65.1. The molecule has 0 saturated heterocycles. The van der Waals surface area contributed by atoms with Crippen molar-refractivity contribution in [3.63, 3.8) is 0 Å². The van der Waals surface area contributed by atoms with Crippen LogP contribution in [0.15, 0.2) is 313 Å². The van der Waals surface area contributed by atoms with Crippen molar-refractivity contribution < 1.29 is 92.1 Å². The number of halogens is 2. The molecule has 0 bridgehead atoms. The van der Waals surface area contributed by atoms with Gasteiger partial charge in [0.2, 0.25) is 0 Å². The number of alkyl halides is 2. The van der Waals surface area contributed by atoms with E-state index in [9.17, 15) is 8.78 Å². The topological polar surface area (TPSA) is 77.8 Å². The Bertz CT molecular complexity index is 8410. The van der Waals surface area contributed by atoms with Crippen molar-refractivity contribution in [3.8, 4) is 89.5 Å². The van der Waals surface area contributed by atoms with Crippen LogP contribution in [0.25, 0.3) is 177 Å². The minimum absolute atomic E-state index is 0. The maximum atomic E-state index is 14.7. The van der Waals surface area contributed by atoms with Crippen molar-refractivity contribution in [3.05, 3.63) is 384 Å². The van der Waals surface area contributed by atoms with E-state index in [2.05, 4.69) is 105 Å². The van der Waals surface area contributed by atoms with Gasteiger partial charge in [-0.2, -0.15) is 0 Å². The Kier molecular flexibility index (Phi) is 18.9. The van der Waals surface area contributed by atoms with Gasteiger partial charge in [0.25, 0.3) is 0 Å². The van der Waals surface area contributed by atoms with Crippen LogP contribution in [0.2, 0.25) is 0 Å². The summed E-state index contributed by atoms with van der Waals surface area (Å²) in [5.41, 5.74) is 8.79. The Balaban J connectivity index is 0.000000146. The van der Waals surface area contributed by atoms with Gasteiger partial charge in [-0.25, -0.2) is 8.78 Å². The molecule has 2 saturated carbocycles. The van der Waals surface area contributed by atoms with Gasteiger partial charge < -0.3 is 28.8 Å². The summed E-state index contributed by atoms with van der Waals surface area (Å²) < 4.78 is 248. The molecule has 2 aliphatic rings. The van der Waals surface area contributed by atoms with E-state index in [1.807, 2.05) is 130 Å². The zero-order chi connectivity index (χ0) is 111. The molecule has 132 heavy (non-hydrogen) atoms. The van der Waals surface area contributed by atoms with Crippen LogP contribution in [0, 0.1) is 77.6 Å². The quantitative estimate of drug-likeness (QED) is 0.0948. The number of benzene rings is 14. The van der Waals surface area contributed by atoms with Crippen molar-refractivity contribution in [1.29, 1.82) is 0 Å². The van der Waals surface area contributed by atoms with Gasteiger partial charge in [-0.3, -0.25) is 0 Å². The second-order valence-corrected chi connectivity index (χ2v) is 35.2. The minimum atomic E-state index is -2.63. The third-order valence-electron chi connectivity index (χ3n) is 24.8. The van der Waals surface area contributed by atoms with Gasteiger partial charge in [0, 0.05) is 121 Å². The molecule has 2 aliphatic carbocycles. The molecule has 6 nitrogen and oxygen atoms in total. The van der Waals surface area contributed by atoms with Crippen LogP contribution in [0.5, 0.6) is 0 Å². The molecule has 0 N–H and O–H groups in total. The number of fused-ring (bicyclic) bond motifs is 14. The molecule has 0 amide bonds. The van der Waals surface area contributed by atoms with Gasteiger partial charge in [0.1, 0.15) is 22.5 Å². The smallest absolute Gasteiger partial charge is 0.129 e. The molecule has 0 atom stereocenters. The molecule has 22 rings (SSSR count). The Morgan fingerprint density at radius 2 is 0.780 bits per heavy atom. The molecule has 662 valence electrons. The first-order valence-corrected chi connectivity index (χ1v) is 43.6. The summed E-state index contributed by atoms with van der Waals surface area (Å²) in [6.45, 7) is -8.56. The predicted octanol–water partition coefficient (Wildman–Crippen LogP) is 33.8. The third kappa shape index (κ3) is 19.2. The van der Waals surface area contributed by atoms with Crippen molar-refractivity contribution in [2.75, 3.05) is 0 Å². The van der Waals surface area contributed by atoms with Crippen LogP contribution in [-0.4, -0.2) is 31.3 Å². The van der Waals surface area contributed by atoms with E-state index >= 15 is 0 Å². The summed E-state index contributed by atoms with van der Waals surface area (Å²) in [7, 11) is 0. The second kappa shape index (κ2) is 38.4. The number of aryl methyl sites for hydroxylation is 7. The molecule has 10 heteroatoms. The Morgan fingerprint density at radius 3 is 1.20 bits per heavy atom. The predicted molar refractivity (Wildman–Crippen MR) is 538 cm³/mol. The van der Waals surface area contributed by atoms with Gasteiger partial charge in [-0.1, -0.05) is 298 Å². The number of pyridine rings is 4. The third-order valence-corrected chi connectivity index (χ3v) is 24.8. The van der Waals surface area contributed by atoms with E-state index in [0.29, 0.717) is 84.0 Å². The number of hydrogen-bond acceptors (Lipinski definition) is 6. The molecule has 0 unspecified atom stereocenters. The SMILES string of the molecule is [2H]C([2H])([2H])c1c[c-]c(-c2ccc(C([2H])([2H])C(C)(C)C)cn2)cc1-c1ccccc1.[2H]C([2H])([2H])c1ccc(-c2[c-]cc(C([2H])([2H])[2H])c(-c3ccccc3)c2)nc1.[2H]C([2H])([2H])c1cnc(-c2[c-]ccc3c2oc2c3ccc3ccc4ccccc4c32)cc1-c1ccc(C2([2H])CCC(C)(F)CC2)cc1C([2H])([2H])[2H].[2H]C([2H])([2H])c1cnc(-c2[c-]ccc3c2oc2c3ccc3ccc4ccccc4c32)cc1-c1ccc(C2([2H])CCC(C)(F)CC2)cc1C([2H])([2H])[2H].[Ir].[Ir]. The number of nitrogens with zero attached hydrogens (tertiary/aromatic N) is 4. The van der Waals surface area contributed by atoms with Crippen LogP contribution in [0.3, 0.4) is 0 Å². The van der Waals surface area contributed by atoms with Crippen molar-refractivity contribution >= 4 is 87.0 Å². The maximum Gasteiger partial charge on any atom is 0.129 e. The van der Waals surface area contributed by atoms with E-state index in [1.165, 1.54) is 62.8 Å². The number of aromatic nitrogens is 4. The molecule has 20 aromatic rings. The Labute approximate surface area is 836 Å². The van der Waals surface area contributed by atoms with Crippen LogP contribution >= 0.6 is 0 Å². The summed E-state index contributed by atoms with van der Waals surface area (Å²) >= 11 is 0.